The van der Waals surface area contributed by atoms with Crippen molar-refractivity contribution >= 4 is 5.97 Å². The van der Waals surface area contributed by atoms with Crippen molar-refractivity contribution in [2.45, 2.75) is 91.1 Å². The van der Waals surface area contributed by atoms with Crippen molar-refractivity contribution in [3.05, 3.63) is 0 Å². The summed E-state index contributed by atoms with van der Waals surface area (Å²) >= 11 is 0. The van der Waals surface area contributed by atoms with Crippen LogP contribution in [0.3, 0.4) is 0 Å². The second-order valence-corrected chi connectivity index (χ2v) is 6.46. The number of carbonyl (C=O) groups excluding carboxylic acids is 1. The Labute approximate surface area is 133 Å². The fourth-order valence-corrected chi connectivity index (χ4v) is 1.90. The van der Waals surface area contributed by atoms with Gasteiger partial charge in [-0.25, -0.2) is 0 Å². The first-order valence-corrected chi connectivity index (χ1v) is 8.70. The number of hydrogen-bond donors (Lipinski definition) is 0. The molecule has 0 heterocycles. The van der Waals surface area contributed by atoms with Crippen molar-refractivity contribution in [2.75, 3.05) is 21.1 Å². The molecule has 0 bridgehead atoms. The van der Waals surface area contributed by atoms with Crippen molar-refractivity contribution in [3.63, 3.8) is 0 Å². The van der Waals surface area contributed by atoms with Gasteiger partial charge in [0.1, 0.15) is 0 Å². The Hall–Kier alpha value is -0.570. The van der Waals surface area contributed by atoms with Crippen LogP contribution in [-0.4, -0.2) is 38.1 Å². The van der Waals surface area contributed by atoms with E-state index in [0.29, 0.717) is 6.42 Å². The molecule has 0 aliphatic rings. The summed E-state index contributed by atoms with van der Waals surface area (Å²) in [4.78, 5) is 13.2. The molecule has 0 aromatic carbocycles. The number of unbranched alkanes of at least 4 members (excludes halogenated alkanes) is 8. The highest BCUT2D eigenvalue weighted by molar-refractivity contribution is 5.69. The lowest BCUT2D eigenvalue weighted by Gasteiger charge is -2.07. The second kappa shape index (κ2) is 17.5. The lowest BCUT2D eigenvalue weighted by molar-refractivity contribution is -0.147. The molecule has 0 fully saturated rings. The molecular weight excluding hydrogens is 262 g/mol. The van der Waals surface area contributed by atoms with Crippen LogP contribution in [0.2, 0.25) is 0 Å². The lowest BCUT2D eigenvalue weighted by atomic mass is 10.1. The fraction of sp³-hybridized carbons (Fsp3) is 0.944. The van der Waals surface area contributed by atoms with Crippen LogP contribution < -0.4 is 0 Å². The first kappa shape index (κ1) is 22.7. The molecule has 0 spiro atoms. The van der Waals surface area contributed by atoms with Crippen LogP contribution in [0.15, 0.2) is 0 Å². The maximum atomic E-state index is 11.2. The molecule has 0 aliphatic heterocycles. The largest absolute Gasteiger partial charge is 0.463 e. The van der Waals surface area contributed by atoms with E-state index in [1.54, 1.807) is 0 Å². The number of esters is 1. The maximum Gasteiger partial charge on any atom is 0.306 e. The van der Waals surface area contributed by atoms with E-state index in [-0.39, 0.29) is 12.1 Å². The molecule has 0 atom stereocenters. The monoisotopic (exact) mass is 301 g/mol. The molecule has 21 heavy (non-hydrogen) atoms. The highest BCUT2D eigenvalue weighted by Gasteiger charge is 2.04. The van der Waals surface area contributed by atoms with Gasteiger partial charge in [0.05, 0.1) is 6.10 Å². The van der Waals surface area contributed by atoms with E-state index in [4.69, 9.17) is 4.74 Å². The summed E-state index contributed by atoms with van der Waals surface area (Å²) in [5.41, 5.74) is 0. The van der Waals surface area contributed by atoms with Crippen molar-refractivity contribution in [3.8, 4) is 0 Å². The highest BCUT2D eigenvalue weighted by Crippen LogP contribution is 2.10. The van der Waals surface area contributed by atoms with Crippen LogP contribution in [0.1, 0.15) is 85.0 Å². The lowest BCUT2D eigenvalue weighted by Crippen LogP contribution is -2.10. The van der Waals surface area contributed by atoms with Crippen LogP contribution in [-0.2, 0) is 9.53 Å². The molecule has 0 N–H and O–H groups in total. The van der Waals surface area contributed by atoms with E-state index in [2.05, 4.69) is 6.92 Å². The number of nitrogens with zero attached hydrogens (tertiary/aromatic N) is 1. The molecule has 0 amide bonds. The van der Waals surface area contributed by atoms with Gasteiger partial charge in [0.2, 0.25) is 0 Å². The van der Waals surface area contributed by atoms with Gasteiger partial charge in [-0.3, -0.25) is 4.79 Å². The minimum atomic E-state index is -0.0389. The van der Waals surface area contributed by atoms with Crippen LogP contribution in [0, 0.1) is 0 Å². The Kier molecular flexibility index (Phi) is 18.9. The Bertz CT molecular complexity index is 213. The number of ether oxygens (including phenoxy) is 1. The summed E-state index contributed by atoms with van der Waals surface area (Å²) in [5, 5.41) is 0. The third kappa shape index (κ3) is 28.3. The normalized spacial score (nSPS) is 10.5. The van der Waals surface area contributed by atoms with Gasteiger partial charge in [0.25, 0.3) is 0 Å². The third-order valence-corrected chi connectivity index (χ3v) is 2.85. The summed E-state index contributed by atoms with van der Waals surface area (Å²) < 4.78 is 5.08. The van der Waals surface area contributed by atoms with E-state index < -0.39 is 0 Å². The van der Waals surface area contributed by atoms with Crippen LogP contribution in [0.5, 0.6) is 0 Å². The Morgan fingerprint density at radius 2 is 1.24 bits per heavy atom. The predicted octanol–water partition coefficient (Wildman–Crippen LogP) is 5.04. The van der Waals surface area contributed by atoms with Crippen molar-refractivity contribution in [1.82, 2.24) is 4.90 Å². The Balaban J connectivity index is 0. The average molecular weight is 302 g/mol. The molecule has 3 heteroatoms. The summed E-state index contributed by atoms with van der Waals surface area (Å²) in [6.45, 7) is 6.04. The molecule has 0 saturated heterocycles. The van der Waals surface area contributed by atoms with Gasteiger partial charge in [-0.2, -0.15) is 0 Å². The molecule has 3 nitrogen and oxygen atoms in total. The minimum Gasteiger partial charge on any atom is -0.463 e. The van der Waals surface area contributed by atoms with E-state index in [0.717, 1.165) is 6.42 Å². The van der Waals surface area contributed by atoms with Gasteiger partial charge in [-0.15, -0.1) is 0 Å². The van der Waals surface area contributed by atoms with Gasteiger partial charge in [0, 0.05) is 6.42 Å². The van der Waals surface area contributed by atoms with Crippen molar-refractivity contribution in [1.29, 1.82) is 0 Å². The van der Waals surface area contributed by atoms with E-state index in [1.165, 1.54) is 51.4 Å². The summed E-state index contributed by atoms with van der Waals surface area (Å²) in [6, 6.07) is 0. The van der Waals surface area contributed by atoms with Gasteiger partial charge in [0.15, 0.2) is 0 Å². The van der Waals surface area contributed by atoms with Crippen molar-refractivity contribution < 1.29 is 9.53 Å². The quantitative estimate of drug-likeness (QED) is 0.395. The average Bonchev–Trinajstić information content (AvgIpc) is 2.35. The molecule has 0 rings (SSSR count). The van der Waals surface area contributed by atoms with Crippen LogP contribution in [0.25, 0.3) is 0 Å². The van der Waals surface area contributed by atoms with Gasteiger partial charge >= 0.3 is 5.97 Å². The maximum absolute atomic E-state index is 11.2. The second-order valence-electron chi connectivity index (χ2n) is 6.46. The minimum absolute atomic E-state index is 0.0288. The zero-order valence-corrected chi connectivity index (χ0v) is 15.4. The van der Waals surface area contributed by atoms with Crippen molar-refractivity contribution in [2.24, 2.45) is 0 Å². The predicted molar refractivity (Wildman–Crippen MR) is 92.7 cm³/mol. The van der Waals surface area contributed by atoms with Gasteiger partial charge < -0.3 is 9.64 Å². The Morgan fingerprint density at radius 1 is 0.857 bits per heavy atom. The Morgan fingerprint density at radius 3 is 1.62 bits per heavy atom. The first-order valence-electron chi connectivity index (χ1n) is 8.70. The molecule has 0 aliphatic carbocycles. The van der Waals surface area contributed by atoms with Gasteiger partial charge in [-0.1, -0.05) is 58.3 Å². The molecule has 0 radical (unpaired) electrons. The topological polar surface area (TPSA) is 29.5 Å². The summed E-state index contributed by atoms with van der Waals surface area (Å²) in [5.74, 6) is -0.0389. The molecule has 0 aromatic rings. The zero-order valence-electron chi connectivity index (χ0n) is 15.4. The summed E-state index contributed by atoms with van der Waals surface area (Å²) in [6.07, 6.45) is 12.2. The number of carbonyl (C=O) groups is 1. The van der Waals surface area contributed by atoms with E-state index in [9.17, 15) is 4.79 Å². The fourth-order valence-electron chi connectivity index (χ4n) is 1.90. The SMILES string of the molecule is CCCCCCCCCCCC(=O)OC(C)C.CN(C)C. The van der Waals surface area contributed by atoms with Crippen LogP contribution >= 0.6 is 0 Å². The molecular formula is C18H39NO2. The van der Waals surface area contributed by atoms with Gasteiger partial charge in [-0.05, 0) is 41.4 Å². The molecule has 0 unspecified atom stereocenters. The highest BCUT2D eigenvalue weighted by atomic mass is 16.5. The summed E-state index contributed by atoms with van der Waals surface area (Å²) in [7, 11) is 6.00. The molecule has 0 aromatic heterocycles. The number of rotatable bonds is 11. The van der Waals surface area contributed by atoms with E-state index >= 15 is 0 Å². The molecule has 128 valence electrons. The molecule has 0 saturated carbocycles. The number of hydrogen-bond acceptors (Lipinski definition) is 3. The van der Waals surface area contributed by atoms with Crippen LogP contribution in [0.4, 0.5) is 0 Å². The first-order chi connectivity index (χ1) is 9.90. The zero-order chi connectivity index (χ0) is 16.5. The smallest absolute Gasteiger partial charge is 0.306 e. The van der Waals surface area contributed by atoms with E-state index in [1.807, 2.05) is 39.9 Å². The third-order valence-electron chi connectivity index (χ3n) is 2.85. The standard InChI is InChI=1S/C15H30O2.C3H9N/c1-4-5-6-7-8-9-10-11-12-13-15(16)17-14(2)3;1-4(2)3/h14H,4-13H2,1-3H3;1-3H3.